The van der Waals surface area contributed by atoms with Crippen molar-refractivity contribution in [1.29, 1.82) is 5.26 Å². The molecule has 2 N–H and O–H groups in total. The van der Waals surface area contributed by atoms with E-state index in [-0.39, 0.29) is 24.2 Å². The lowest BCUT2D eigenvalue weighted by Gasteiger charge is -2.40. The average molecular weight is 433 g/mol. The van der Waals surface area contributed by atoms with Crippen LogP contribution in [0.2, 0.25) is 0 Å². The number of hydrogen-bond acceptors (Lipinski definition) is 7. The van der Waals surface area contributed by atoms with Gasteiger partial charge in [-0.1, -0.05) is 0 Å². The van der Waals surface area contributed by atoms with E-state index in [1.807, 2.05) is 17.0 Å². The fourth-order valence-corrected chi connectivity index (χ4v) is 6.22. The van der Waals surface area contributed by atoms with Crippen molar-refractivity contribution in [2.75, 3.05) is 44.3 Å². The minimum Gasteiger partial charge on any atom is -0.480 e. The Labute approximate surface area is 174 Å². The van der Waals surface area contributed by atoms with E-state index in [0.717, 1.165) is 10.9 Å². The molecule has 0 bridgehead atoms. The van der Waals surface area contributed by atoms with Gasteiger partial charge in [0.05, 0.1) is 11.5 Å². The van der Waals surface area contributed by atoms with Gasteiger partial charge in [0.15, 0.2) is 16.4 Å². The van der Waals surface area contributed by atoms with Crippen molar-refractivity contribution in [2.45, 2.75) is 18.5 Å². The second-order valence-corrected chi connectivity index (χ2v) is 10.00. The summed E-state index contributed by atoms with van der Waals surface area (Å²) in [7, 11) is -2.94. The summed E-state index contributed by atoms with van der Waals surface area (Å²) >= 11 is 0. The third-order valence-electron chi connectivity index (χ3n) is 5.96. The quantitative estimate of drug-likeness (QED) is 0.692. The predicted molar refractivity (Wildman–Crippen MR) is 110 cm³/mol. The lowest BCUT2D eigenvalue weighted by Crippen LogP contribution is -2.52. The van der Waals surface area contributed by atoms with Crippen LogP contribution in [-0.2, 0) is 14.6 Å². The van der Waals surface area contributed by atoms with Gasteiger partial charge in [-0.05, 0) is 24.6 Å². The van der Waals surface area contributed by atoms with Crippen LogP contribution in [0.1, 0.15) is 18.0 Å². The van der Waals surface area contributed by atoms with E-state index in [0.29, 0.717) is 43.9 Å². The normalized spacial score (nSPS) is 23.2. The molecule has 2 aliphatic rings. The first-order valence-corrected chi connectivity index (χ1v) is 11.7. The van der Waals surface area contributed by atoms with Crippen molar-refractivity contribution in [3.63, 3.8) is 0 Å². The highest BCUT2D eigenvalue weighted by molar-refractivity contribution is 7.91. The first-order valence-electron chi connectivity index (χ1n) is 9.90. The second-order valence-electron chi connectivity index (χ2n) is 7.77. The average Bonchev–Trinajstić information content (AvgIpc) is 3.30. The third kappa shape index (κ3) is 4.14. The number of aliphatic carboxylic acids is 1. The highest BCUT2D eigenvalue weighted by Crippen LogP contribution is 2.32. The van der Waals surface area contributed by atoms with E-state index in [4.69, 9.17) is 10.00 Å². The number of H-pyrrole nitrogens is 1. The van der Waals surface area contributed by atoms with Crippen molar-refractivity contribution in [3.8, 4) is 11.8 Å². The topological polar surface area (TPSA) is 127 Å². The van der Waals surface area contributed by atoms with Crippen LogP contribution in [0.3, 0.4) is 0 Å². The van der Waals surface area contributed by atoms with Gasteiger partial charge in [0.1, 0.15) is 17.9 Å². The van der Waals surface area contributed by atoms with Gasteiger partial charge in [0, 0.05) is 54.9 Å². The molecule has 2 fully saturated rings. The Morgan fingerprint density at radius 1 is 1.33 bits per heavy atom. The molecule has 0 unspecified atom stereocenters. The first kappa shape index (κ1) is 20.7. The maximum atomic E-state index is 12.2. The summed E-state index contributed by atoms with van der Waals surface area (Å²) in [5, 5.41) is 19.5. The number of ether oxygens (including phenoxy) is 1. The number of aromatic amines is 1. The van der Waals surface area contributed by atoms with E-state index >= 15 is 0 Å². The van der Waals surface area contributed by atoms with Crippen molar-refractivity contribution < 1.29 is 23.1 Å². The summed E-state index contributed by atoms with van der Waals surface area (Å²) in [6.07, 6.45) is 2.37. The summed E-state index contributed by atoms with van der Waals surface area (Å²) in [4.78, 5) is 19.4. The lowest BCUT2D eigenvalue weighted by molar-refractivity contribution is -0.144. The summed E-state index contributed by atoms with van der Waals surface area (Å²) < 4.78 is 28.9. The number of benzene rings is 1. The molecule has 1 aromatic carbocycles. The van der Waals surface area contributed by atoms with Gasteiger partial charge in [0.2, 0.25) is 0 Å². The zero-order valence-corrected chi connectivity index (χ0v) is 17.3. The maximum Gasteiger partial charge on any atom is 0.325 e. The van der Waals surface area contributed by atoms with Crippen LogP contribution >= 0.6 is 0 Å². The van der Waals surface area contributed by atoms with Crippen LogP contribution in [0.25, 0.3) is 10.9 Å². The van der Waals surface area contributed by atoms with E-state index < -0.39 is 21.8 Å². The minimum atomic E-state index is -2.94. The van der Waals surface area contributed by atoms with Crippen LogP contribution < -0.4 is 4.74 Å². The number of nitrogens with zero attached hydrogens (tertiary/aromatic N) is 3. The Bertz CT molecular complexity index is 1080. The Morgan fingerprint density at radius 2 is 2.10 bits per heavy atom. The molecule has 10 heteroatoms. The molecule has 2 atom stereocenters. The number of sulfone groups is 1. The van der Waals surface area contributed by atoms with Gasteiger partial charge >= 0.3 is 5.97 Å². The van der Waals surface area contributed by atoms with Crippen LogP contribution in [0.15, 0.2) is 24.4 Å². The van der Waals surface area contributed by atoms with Gasteiger partial charge in [-0.2, -0.15) is 5.26 Å². The highest BCUT2D eigenvalue weighted by atomic mass is 32.2. The number of fused-ring (bicyclic) bond motifs is 1. The smallest absolute Gasteiger partial charge is 0.325 e. The minimum absolute atomic E-state index is 0.0355. The lowest BCUT2D eigenvalue weighted by atomic mass is 10.0. The molecule has 2 aliphatic heterocycles. The number of hydrogen-bond donors (Lipinski definition) is 2. The summed E-state index contributed by atoms with van der Waals surface area (Å²) in [6.45, 7) is 2.30. The van der Waals surface area contributed by atoms with Crippen LogP contribution in [0.4, 0.5) is 0 Å². The van der Waals surface area contributed by atoms with Crippen molar-refractivity contribution in [1.82, 2.24) is 14.8 Å². The Hall–Kier alpha value is -2.61. The standard InChI is InChI=1S/C20H24N4O5S/c21-4-9-29-15-1-2-18-16(11-15)17(12-22-18)19(20(25)26)24-7-5-23(6-8-24)14-3-10-30(27,28)13-14/h1-2,11-12,14,19,22H,3,5-10,13H2,(H,25,26)/t14-,19+/m0/s1. The van der Waals surface area contributed by atoms with E-state index in [9.17, 15) is 18.3 Å². The van der Waals surface area contributed by atoms with Gasteiger partial charge in [-0.3, -0.25) is 14.6 Å². The molecule has 4 rings (SSSR count). The number of nitrogens with one attached hydrogen (secondary N) is 1. The fourth-order valence-electron chi connectivity index (χ4n) is 4.46. The zero-order chi connectivity index (χ0) is 21.3. The molecule has 0 aliphatic carbocycles. The number of carboxylic acid groups (broad SMARTS) is 1. The van der Waals surface area contributed by atoms with Crippen molar-refractivity contribution in [2.24, 2.45) is 0 Å². The second kappa shape index (κ2) is 8.26. The molecule has 0 spiro atoms. The number of aromatic nitrogens is 1. The maximum absolute atomic E-state index is 12.2. The van der Waals surface area contributed by atoms with Gasteiger partial charge < -0.3 is 14.8 Å². The number of carbonyl (C=O) groups is 1. The van der Waals surface area contributed by atoms with E-state index in [1.54, 1.807) is 18.3 Å². The van der Waals surface area contributed by atoms with Gasteiger partial charge in [-0.15, -0.1) is 0 Å². The zero-order valence-electron chi connectivity index (χ0n) is 16.5. The van der Waals surface area contributed by atoms with E-state index in [2.05, 4.69) is 9.88 Å². The molecule has 0 saturated carbocycles. The number of carboxylic acids is 1. The van der Waals surface area contributed by atoms with E-state index in [1.165, 1.54) is 0 Å². The van der Waals surface area contributed by atoms with Crippen molar-refractivity contribution in [3.05, 3.63) is 30.0 Å². The van der Waals surface area contributed by atoms with Crippen molar-refractivity contribution >= 4 is 26.7 Å². The fraction of sp³-hybridized carbons (Fsp3) is 0.500. The molecule has 30 heavy (non-hydrogen) atoms. The number of rotatable bonds is 6. The molecular weight excluding hydrogens is 408 g/mol. The molecule has 2 saturated heterocycles. The summed E-state index contributed by atoms with van der Waals surface area (Å²) in [6, 6.07) is 6.45. The Kier molecular flexibility index (Phi) is 5.69. The summed E-state index contributed by atoms with van der Waals surface area (Å²) in [5.41, 5.74) is 1.45. The number of piperazine rings is 1. The Balaban J connectivity index is 1.52. The molecule has 0 amide bonds. The SMILES string of the molecule is N#CCOc1ccc2[nH]cc([C@H](C(=O)O)N3CCN([C@H]4CCS(=O)(=O)C4)CC3)c2c1. The van der Waals surface area contributed by atoms with Crippen LogP contribution in [0.5, 0.6) is 5.75 Å². The van der Waals surface area contributed by atoms with Crippen LogP contribution in [0, 0.1) is 11.3 Å². The predicted octanol–water partition coefficient (Wildman–Crippen LogP) is 1.00. The van der Waals surface area contributed by atoms with Crippen LogP contribution in [-0.4, -0.2) is 84.6 Å². The molecule has 1 aromatic heterocycles. The Morgan fingerprint density at radius 3 is 2.73 bits per heavy atom. The molecule has 160 valence electrons. The highest BCUT2D eigenvalue weighted by Gasteiger charge is 2.37. The molecule has 2 aromatic rings. The summed E-state index contributed by atoms with van der Waals surface area (Å²) in [5.74, 6) is 0.0159. The molecule has 3 heterocycles. The van der Waals surface area contributed by atoms with Gasteiger partial charge in [0.25, 0.3) is 0 Å². The number of nitriles is 1. The largest absolute Gasteiger partial charge is 0.480 e. The molecule has 9 nitrogen and oxygen atoms in total. The van der Waals surface area contributed by atoms with Gasteiger partial charge in [-0.25, -0.2) is 8.42 Å². The molecular formula is C20H24N4O5S. The third-order valence-corrected chi connectivity index (χ3v) is 7.71. The monoisotopic (exact) mass is 432 g/mol. The first-order chi connectivity index (χ1) is 14.4. The molecule has 0 radical (unpaired) electrons.